The van der Waals surface area contributed by atoms with Crippen molar-refractivity contribution in [2.45, 2.75) is 25.7 Å². The predicted octanol–water partition coefficient (Wildman–Crippen LogP) is 10.3. The second kappa shape index (κ2) is 9.45. The quantitative estimate of drug-likeness (QED) is 0.201. The van der Waals surface area contributed by atoms with Crippen LogP contribution in [0.2, 0.25) is 0 Å². The van der Waals surface area contributed by atoms with Crippen LogP contribution in [0.15, 0.2) is 119 Å². The number of nitrogens with zero attached hydrogens (tertiary/aromatic N) is 3. The molecule has 0 saturated heterocycles. The number of para-hydroxylation sites is 2. The van der Waals surface area contributed by atoms with Crippen molar-refractivity contribution in [2.24, 2.45) is 0 Å². The van der Waals surface area contributed by atoms with Crippen LogP contribution < -0.4 is 0 Å². The third-order valence-corrected chi connectivity index (χ3v) is 9.98. The van der Waals surface area contributed by atoms with E-state index in [-0.39, 0.29) is 5.41 Å². The summed E-state index contributed by atoms with van der Waals surface area (Å²) in [6.07, 6.45) is 5.20. The lowest BCUT2D eigenvalue weighted by Crippen LogP contribution is -2.15. The van der Waals surface area contributed by atoms with Crippen LogP contribution in [0, 0.1) is 22.7 Å². The van der Waals surface area contributed by atoms with Crippen molar-refractivity contribution in [3.8, 4) is 29.0 Å². The Balaban J connectivity index is 1.29. The topological polar surface area (TPSA) is 65.7 Å². The van der Waals surface area contributed by atoms with Gasteiger partial charge in [0, 0.05) is 44.7 Å². The standard InChI is InChI=1S/C42H27N3O/c1-42(2)34-14-5-3-10-27(34)32-22-39-29(18-19-35(32)42)30-12-8-13-31(41(30)46-39)40-26(24-44)9-7-16-38(40)45-36-15-6-4-11-28(36)33-21-25(23-43)17-20-37(33)45/h3-21H,22H2,1-2H3. The molecule has 0 spiro atoms. The van der Waals surface area contributed by atoms with E-state index in [0.717, 1.165) is 60.9 Å². The molecular formula is C42H27N3O. The monoisotopic (exact) mass is 589 g/mol. The number of allylic oxidation sites excluding steroid dienone is 3. The van der Waals surface area contributed by atoms with Gasteiger partial charge in [-0.3, -0.25) is 0 Å². The van der Waals surface area contributed by atoms with Crippen molar-refractivity contribution in [3.63, 3.8) is 0 Å². The maximum Gasteiger partial charge on any atom is 0.142 e. The molecule has 0 radical (unpaired) electrons. The van der Waals surface area contributed by atoms with Crippen LogP contribution in [-0.2, 0) is 11.8 Å². The lowest BCUT2D eigenvalue weighted by Gasteiger charge is -2.22. The Morgan fingerprint density at radius 3 is 2.35 bits per heavy atom. The molecule has 216 valence electrons. The number of aromatic nitrogens is 1. The average Bonchev–Trinajstić information content (AvgIpc) is 3.62. The molecule has 0 unspecified atom stereocenters. The Morgan fingerprint density at radius 2 is 1.48 bits per heavy atom. The summed E-state index contributed by atoms with van der Waals surface area (Å²) in [5.74, 6) is 0.938. The van der Waals surface area contributed by atoms with E-state index in [9.17, 15) is 10.5 Å². The molecule has 0 atom stereocenters. The number of nitriles is 2. The van der Waals surface area contributed by atoms with Crippen LogP contribution in [0.4, 0.5) is 0 Å². The summed E-state index contributed by atoms with van der Waals surface area (Å²) in [5.41, 5.74) is 12.9. The highest BCUT2D eigenvalue weighted by atomic mass is 16.3. The molecule has 0 amide bonds. The molecule has 0 saturated carbocycles. The Kier molecular flexibility index (Phi) is 5.41. The highest BCUT2D eigenvalue weighted by Gasteiger charge is 2.38. The number of fused-ring (bicyclic) bond motifs is 8. The smallest absolute Gasteiger partial charge is 0.142 e. The third-order valence-electron chi connectivity index (χ3n) is 9.98. The van der Waals surface area contributed by atoms with Gasteiger partial charge in [0.2, 0.25) is 0 Å². The second-order valence-electron chi connectivity index (χ2n) is 12.7. The van der Waals surface area contributed by atoms with Crippen molar-refractivity contribution >= 4 is 44.4 Å². The summed E-state index contributed by atoms with van der Waals surface area (Å²) in [7, 11) is 0. The molecule has 0 bridgehead atoms. The molecular weight excluding hydrogens is 562 g/mol. The van der Waals surface area contributed by atoms with E-state index in [2.05, 4.69) is 103 Å². The summed E-state index contributed by atoms with van der Waals surface area (Å²) in [4.78, 5) is 0. The first-order valence-electron chi connectivity index (χ1n) is 15.5. The summed E-state index contributed by atoms with van der Waals surface area (Å²) in [6, 6.07) is 39.7. The van der Waals surface area contributed by atoms with Gasteiger partial charge in [0.25, 0.3) is 0 Å². The minimum atomic E-state index is -0.0795. The zero-order valence-corrected chi connectivity index (χ0v) is 25.4. The fourth-order valence-electron chi connectivity index (χ4n) is 7.89. The van der Waals surface area contributed by atoms with E-state index < -0.39 is 0 Å². The van der Waals surface area contributed by atoms with Crippen molar-refractivity contribution in [1.29, 1.82) is 10.5 Å². The minimum absolute atomic E-state index is 0.0795. The zero-order chi connectivity index (χ0) is 31.2. The van der Waals surface area contributed by atoms with Crippen LogP contribution >= 0.6 is 0 Å². The molecule has 5 aromatic carbocycles. The van der Waals surface area contributed by atoms with E-state index in [1.54, 1.807) is 0 Å². The minimum Gasteiger partial charge on any atom is -0.459 e. The van der Waals surface area contributed by atoms with Gasteiger partial charge >= 0.3 is 0 Å². The molecule has 0 aliphatic heterocycles. The van der Waals surface area contributed by atoms with E-state index >= 15 is 0 Å². The molecule has 7 aromatic rings. The number of hydrogen-bond donors (Lipinski definition) is 0. The van der Waals surface area contributed by atoms with Gasteiger partial charge < -0.3 is 8.98 Å². The summed E-state index contributed by atoms with van der Waals surface area (Å²) >= 11 is 0. The highest BCUT2D eigenvalue weighted by Crippen LogP contribution is 2.51. The van der Waals surface area contributed by atoms with Gasteiger partial charge in [0.05, 0.1) is 40.0 Å². The van der Waals surface area contributed by atoms with Gasteiger partial charge in [-0.25, -0.2) is 0 Å². The van der Waals surface area contributed by atoms with Crippen molar-refractivity contribution in [1.82, 2.24) is 4.57 Å². The molecule has 2 aromatic heterocycles. The maximum absolute atomic E-state index is 10.5. The second-order valence-corrected chi connectivity index (χ2v) is 12.7. The van der Waals surface area contributed by atoms with Crippen LogP contribution in [0.3, 0.4) is 0 Å². The SMILES string of the molecule is CC1(C)C2=C(Cc3oc4c(-c5c(C#N)cccc5-n5c6ccccc6c6cc(C#N)ccc65)cccc4c3C=C2)c2ccccc21. The highest BCUT2D eigenvalue weighted by molar-refractivity contribution is 6.11. The largest absolute Gasteiger partial charge is 0.459 e. The number of hydrogen-bond acceptors (Lipinski definition) is 3. The molecule has 4 heteroatoms. The summed E-state index contributed by atoms with van der Waals surface area (Å²) < 4.78 is 9.10. The van der Waals surface area contributed by atoms with Crippen molar-refractivity contribution < 1.29 is 4.42 Å². The fourth-order valence-corrected chi connectivity index (χ4v) is 7.89. The van der Waals surface area contributed by atoms with Gasteiger partial charge in [0.1, 0.15) is 11.3 Å². The van der Waals surface area contributed by atoms with E-state index in [1.807, 2.05) is 42.5 Å². The summed E-state index contributed by atoms with van der Waals surface area (Å²) in [5, 5.41) is 23.2. The zero-order valence-electron chi connectivity index (χ0n) is 25.4. The Bertz CT molecular complexity index is 2610. The summed E-state index contributed by atoms with van der Waals surface area (Å²) in [6.45, 7) is 4.61. The normalized spacial score (nSPS) is 14.6. The first-order chi connectivity index (χ1) is 22.5. The van der Waals surface area contributed by atoms with Gasteiger partial charge in [-0.15, -0.1) is 0 Å². The van der Waals surface area contributed by atoms with Gasteiger partial charge in [-0.2, -0.15) is 10.5 Å². The molecule has 2 heterocycles. The van der Waals surface area contributed by atoms with Crippen LogP contribution in [-0.4, -0.2) is 4.57 Å². The fraction of sp³-hybridized carbons (Fsp3) is 0.0952. The molecule has 2 aliphatic rings. The third kappa shape index (κ3) is 3.47. The van der Waals surface area contributed by atoms with E-state index in [4.69, 9.17) is 4.42 Å². The molecule has 46 heavy (non-hydrogen) atoms. The lowest BCUT2D eigenvalue weighted by molar-refractivity contribution is 0.567. The number of benzene rings is 5. The Labute approximate surface area is 266 Å². The maximum atomic E-state index is 10.5. The average molecular weight is 590 g/mol. The van der Waals surface area contributed by atoms with Gasteiger partial charge in [-0.1, -0.05) is 92.7 Å². The van der Waals surface area contributed by atoms with E-state index in [1.165, 1.54) is 22.3 Å². The molecule has 0 N–H and O–H groups in total. The van der Waals surface area contributed by atoms with Crippen molar-refractivity contribution in [3.05, 3.63) is 148 Å². The molecule has 9 rings (SSSR count). The lowest BCUT2D eigenvalue weighted by atomic mass is 9.81. The number of rotatable bonds is 2. The first-order valence-corrected chi connectivity index (χ1v) is 15.5. The molecule has 2 aliphatic carbocycles. The Hall–Kier alpha value is -6.10. The molecule has 4 nitrogen and oxygen atoms in total. The predicted molar refractivity (Wildman–Crippen MR) is 185 cm³/mol. The van der Waals surface area contributed by atoms with Crippen molar-refractivity contribution in [2.75, 3.05) is 0 Å². The van der Waals surface area contributed by atoms with E-state index in [0.29, 0.717) is 17.5 Å². The van der Waals surface area contributed by atoms with Gasteiger partial charge in [0.15, 0.2) is 0 Å². The Morgan fingerprint density at radius 1 is 0.717 bits per heavy atom. The van der Waals surface area contributed by atoms with Crippen LogP contribution in [0.25, 0.3) is 61.2 Å². The molecule has 0 fully saturated rings. The van der Waals surface area contributed by atoms with Crippen LogP contribution in [0.5, 0.6) is 0 Å². The first kappa shape index (κ1) is 26.3. The number of furan rings is 1. The van der Waals surface area contributed by atoms with Crippen LogP contribution in [0.1, 0.15) is 47.4 Å². The van der Waals surface area contributed by atoms with Gasteiger partial charge in [-0.05, 0) is 58.7 Å².